The quantitative estimate of drug-likeness (QED) is 0.715. The number of H-pyrrole nitrogens is 1. The Kier molecular flexibility index (Phi) is 4.98. The molecule has 26 heavy (non-hydrogen) atoms. The third-order valence-electron chi connectivity index (χ3n) is 4.92. The van der Waals surface area contributed by atoms with Gasteiger partial charge in [0.1, 0.15) is 5.82 Å². The first kappa shape index (κ1) is 17.5. The summed E-state index contributed by atoms with van der Waals surface area (Å²) in [4.78, 5) is 23.9. The first-order chi connectivity index (χ1) is 12.6. The van der Waals surface area contributed by atoms with Crippen LogP contribution in [0.1, 0.15) is 29.6 Å². The minimum Gasteiger partial charge on any atom is -0.353 e. The number of aromatic amines is 1. The molecule has 0 aliphatic carbocycles. The van der Waals surface area contributed by atoms with Crippen molar-refractivity contribution in [2.45, 2.75) is 31.3 Å². The molecule has 1 aliphatic heterocycles. The summed E-state index contributed by atoms with van der Waals surface area (Å²) in [5, 5.41) is 3.19. The number of aromatic nitrogens is 2. The van der Waals surface area contributed by atoms with Gasteiger partial charge in [0, 0.05) is 17.5 Å². The van der Waals surface area contributed by atoms with Gasteiger partial charge < -0.3 is 10.3 Å². The molecule has 1 aliphatic rings. The molecule has 1 aromatic carbocycles. The third-order valence-corrected chi connectivity index (χ3v) is 6.15. The average molecular weight is 389 g/mol. The lowest BCUT2D eigenvalue weighted by Crippen LogP contribution is -2.45. The minimum atomic E-state index is 0.0569. The van der Waals surface area contributed by atoms with Crippen molar-refractivity contribution in [3.8, 4) is 0 Å². The van der Waals surface area contributed by atoms with Crippen molar-refractivity contribution < 1.29 is 4.79 Å². The highest BCUT2D eigenvalue weighted by Crippen LogP contribution is 2.29. The van der Waals surface area contributed by atoms with Crippen LogP contribution in [-0.2, 0) is 11.2 Å². The zero-order valence-corrected chi connectivity index (χ0v) is 16.1. The van der Waals surface area contributed by atoms with E-state index in [9.17, 15) is 4.79 Å². The highest BCUT2D eigenvalue weighted by atomic mass is 35.5. The maximum Gasteiger partial charge on any atom is 0.225 e. The van der Waals surface area contributed by atoms with Crippen LogP contribution in [0, 0.1) is 0 Å². The lowest BCUT2D eigenvalue weighted by atomic mass is 9.97. The number of hydrogen-bond donors (Lipinski definition) is 2. The number of amides is 1. The van der Waals surface area contributed by atoms with Gasteiger partial charge in [-0.1, -0.05) is 23.7 Å². The summed E-state index contributed by atoms with van der Waals surface area (Å²) in [6, 6.07) is 12.2. The monoisotopic (exact) mass is 388 g/mol. The maximum atomic E-state index is 12.4. The zero-order valence-electron chi connectivity index (χ0n) is 14.5. The summed E-state index contributed by atoms with van der Waals surface area (Å²) in [6.45, 7) is 0.928. The molecule has 5 nitrogen and oxygen atoms in total. The van der Waals surface area contributed by atoms with E-state index in [4.69, 9.17) is 16.6 Å². The number of nitrogens with zero attached hydrogens (tertiary/aromatic N) is 2. The fraction of sp³-hybridized carbons (Fsp3) is 0.368. The van der Waals surface area contributed by atoms with Crippen molar-refractivity contribution in [1.82, 2.24) is 20.2 Å². The molecule has 3 heterocycles. The summed E-state index contributed by atoms with van der Waals surface area (Å²) in [5.74, 6) is 1.03. The summed E-state index contributed by atoms with van der Waals surface area (Å²) in [7, 11) is 2.11. The molecular formula is C19H21ClN4OS. The van der Waals surface area contributed by atoms with Crippen LogP contribution in [0.5, 0.6) is 0 Å². The Bertz CT molecular complexity index is 888. The van der Waals surface area contributed by atoms with E-state index in [0.29, 0.717) is 6.42 Å². The van der Waals surface area contributed by atoms with E-state index in [2.05, 4.69) is 22.2 Å². The smallest absolute Gasteiger partial charge is 0.225 e. The Morgan fingerprint density at radius 1 is 1.38 bits per heavy atom. The summed E-state index contributed by atoms with van der Waals surface area (Å²) in [6.07, 6.45) is 2.19. The van der Waals surface area contributed by atoms with Gasteiger partial charge in [0.25, 0.3) is 0 Å². The molecule has 1 fully saturated rings. The molecule has 0 radical (unpaired) electrons. The molecule has 3 aromatic rings. The van der Waals surface area contributed by atoms with Gasteiger partial charge in [-0.05, 0) is 44.2 Å². The number of carbonyl (C=O) groups is 1. The van der Waals surface area contributed by atoms with Crippen molar-refractivity contribution in [3.63, 3.8) is 0 Å². The number of para-hydroxylation sites is 2. The standard InChI is InChI=1S/C19H21ClN4OS/c1-24-9-8-12(21-18(25)11-13-6-7-17(20)26-13)10-16(24)19-22-14-4-2-3-5-15(14)23-19/h2-7,12,16H,8-11H2,1H3,(H,21,25)(H,22,23). The molecule has 136 valence electrons. The maximum absolute atomic E-state index is 12.4. The predicted octanol–water partition coefficient (Wildman–Crippen LogP) is 3.77. The highest BCUT2D eigenvalue weighted by molar-refractivity contribution is 7.16. The lowest BCUT2D eigenvalue weighted by Gasteiger charge is -2.36. The fourth-order valence-electron chi connectivity index (χ4n) is 3.55. The number of carbonyl (C=O) groups excluding carboxylic acids is 1. The zero-order chi connectivity index (χ0) is 18.1. The summed E-state index contributed by atoms with van der Waals surface area (Å²) in [5.41, 5.74) is 2.04. The topological polar surface area (TPSA) is 61.0 Å². The van der Waals surface area contributed by atoms with Crippen LogP contribution in [0.2, 0.25) is 4.34 Å². The number of likely N-dealkylation sites (tertiary alicyclic amines) is 1. The molecule has 0 spiro atoms. The van der Waals surface area contributed by atoms with E-state index in [1.165, 1.54) is 11.3 Å². The number of thiophene rings is 1. The van der Waals surface area contributed by atoms with Gasteiger partial charge in [0.15, 0.2) is 0 Å². The Hall–Kier alpha value is -1.89. The second-order valence-corrected chi connectivity index (χ2v) is 8.61. The first-order valence-corrected chi connectivity index (χ1v) is 9.96. The molecule has 2 unspecified atom stereocenters. The van der Waals surface area contributed by atoms with Crippen LogP contribution in [0.3, 0.4) is 0 Å². The van der Waals surface area contributed by atoms with Gasteiger partial charge in [-0.3, -0.25) is 9.69 Å². The Balaban J connectivity index is 1.43. The normalized spacial score (nSPS) is 21.2. The molecule has 2 atom stereocenters. The van der Waals surface area contributed by atoms with E-state index in [1.807, 2.05) is 36.4 Å². The Morgan fingerprint density at radius 3 is 3.00 bits per heavy atom. The van der Waals surface area contributed by atoms with E-state index in [-0.39, 0.29) is 18.0 Å². The van der Waals surface area contributed by atoms with Gasteiger partial charge in [0.2, 0.25) is 5.91 Å². The van der Waals surface area contributed by atoms with E-state index in [0.717, 1.165) is 45.5 Å². The molecule has 2 aromatic heterocycles. The van der Waals surface area contributed by atoms with E-state index >= 15 is 0 Å². The van der Waals surface area contributed by atoms with Crippen molar-refractivity contribution in [2.75, 3.05) is 13.6 Å². The van der Waals surface area contributed by atoms with Gasteiger partial charge in [-0.2, -0.15) is 0 Å². The van der Waals surface area contributed by atoms with Crippen LogP contribution in [0.25, 0.3) is 11.0 Å². The van der Waals surface area contributed by atoms with Crippen LogP contribution in [0.4, 0.5) is 0 Å². The Morgan fingerprint density at radius 2 is 2.23 bits per heavy atom. The number of hydrogen-bond acceptors (Lipinski definition) is 4. The van der Waals surface area contributed by atoms with Crippen molar-refractivity contribution in [2.24, 2.45) is 0 Å². The van der Waals surface area contributed by atoms with Crippen LogP contribution >= 0.6 is 22.9 Å². The predicted molar refractivity (Wildman–Crippen MR) is 106 cm³/mol. The molecule has 0 bridgehead atoms. The molecule has 4 rings (SSSR count). The molecule has 0 saturated carbocycles. The number of fused-ring (bicyclic) bond motifs is 1. The number of halogens is 1. The summed E-state index contributed by atoms with van der Waals surface area (Å²) < 4.78 is 0.719. The molecule has 1 saturated heterocycles. The van der Waals surface area contributed by atoms with E-state index < -0.39 is 0 Å². The largest absolute Gasteiger partial charge is 0.353 e. The number of rotatable bonds is 4. The fourth-order valence-corrected chi connectivity index (χ4v) is 4.63. The molecule has 2 N–H and O–H groups in total. The van der Waals surface area contributed by atoms with Gasteiger partial charge >= 0.3 is 0 Å². The lowest BCUT2D eigenvalue weighted by molar-refractivity contribution is -0.121. The van der Waals surface area contributed by atoms with Gasteiger partial charge in [-0.25, -0.2) is 4.98 Å². The Labute approximate surface area is 161 Å². The second kappa shape index (κ2) is 7.39. The average Bonchev–Trinajstić information content (AvgIpc) is 3.22. The van der Waals surface area contributed by atoms with Crippen molar-refractivity contribution >= 4 is 39.9 Å². The molecule has 7 heteroatoms. The van der Waals surface area contributed by atoms with Gasteiger partial charge in [0.05, 0.1) is 27.8 Å². The molecule has 1 amide bonds. The minimum absolute atomic E-state index is 0.0569. The summed E-state index contributed by atoms with van der Waals surface area (Å²) >= 11 is 7.40. The third kappa shape index (κ3) is 3.77. The number of benzene rings is 1. The second-order valence-electron chi connectivity index (χ2n) is 6.81. The number of nitrogens with one attached hydrogen (secondary N) is 2. The van der Waals surface area contributed by atoms with Gasteiger partial charge in [-0.15, -0.1) is 11.3 Å². The number of imidazole rings is 1. The van der Waals surface area contributed by atoms with E-state index in [1.54, 1.807) is 0 Å². The van der Waals surface area contributed by atoms with Crippen LogP contribution in [0.15, 0.2) is 36.4 Å². The SMILES string of the molecule is CN1CCC(NC(=O)Cc2ccc(Cl)s2)CC1c1nc2ccccc2[nH]1. The van der Waals surface area contributed by atoms with Crippen LogP contribution in [-0.4, -0.2) is 40.4 Å². The first-order valence-electron chi connectivity index (χ1n) is 8.77. The van der Waals surface area contributed by atoms with Crippen molar-refractivity contribution in [1.29, 1.82) is 0 Å². The van der Waals surface area contributed by atoms with Crippen molar-refractivity contribution in [3.05, 3.63) is 51.4 Å². The molecular weight excluding hydrogens is 368 g/mol. The highest BCUT2D eigenvalue weighted by Gasteiger charge is 2.30. The van der Waals surface area contributed by atoms with Crippen LogP contribution < -0.4 is 5.32 Å². The number of piperidine rings is 1.